The molecule has 0 aromatic heterocycles. The summed E-state index contributed by atoms with van der Waals surface area (Å²) in [5.41, 5.74) is 8.71. The van der Waals surface area contributed by atoms with Crippen molar-refractivity contribution in [3.63, 3.8) is 0 Å². The van der Waals surface area contributed by atoms with Crippen molar-refractivity contribution in [3.05, 3.63) is 130 Å². The first-order valence-corrected chi connectivity index (χ1v) is 16.6. The molecule has 0 saturated carbocycles. The van der Waals surface area contributed by atoms with Gasteiger partial charge >= 0.3 is 0 Å². The van der Waals surface area contributed by atoms with Crippen molar-refractivity contribution in [2.24, 2.45) is 0 Å². The predicted molar refractivity (Wildman–Crippen MR) is 183 cm³/mol. The Balaban J connectivity index is 1.77. The number of phenols is 1. The van der Waals surface area contributed by atoms with Gasteiger partial charge < -0.3 is 5.11 Å². The Morgan fingerprint density at radius 3 is 1.81 bits per heavy atom. The minimum atomic E-state index is -0.122. The molecule has 4 rings (SSSR count). The fraction of sp³-hybridized carbons (Fsp3) is 0.385. The van der Waals surface area contributed by atoms with Crippen molar-refractivity contribution in [1.29, 1.82) is 0 Å². The number of aryl methyl sites for hydroxylation is 2. The van der Waals surface area contributed by atoms with Crippen LogP contribution in [-0.2, 0) is 30.2 Å². The van der Waals surface area contributed by atoms with E-state index in [0.29, 0.717) is 14.3 Å². The van der Waals surface area contributed by atoms with Crippen LogP contribution in [0.15, 0.2) is 91.0 Å². The standard InChI is InChI=1S/C39H50NOP/c1-8-23-39(9-2,35-25-29(3)24-34(36(35)41)38(5,6)7)42-37-30(4)17-16-22-33(37)28-40(26-31-18-12-10-13-19-31)27-32-20-14-11-15-21-32/h10-22,24-25,41-42H,8-9,23,26-28H2,1-7H3. The molecule has 0 radical (unpaired) electrons. The third-order valence-electron chi connectivity index (χ3n) is 8.47. The van der Waals surface area contributed by atoms with Crippen LogP contribution < -0.4 is 5.30 Å². The van der Waals surface area contributed by atoms with E-state index in [0.717, 1.165) is 50.0 Å². The third kappa shape index (κ3) is 7.71. The van der Waals surface area contributed by atoms with Gasteiger partial charge in [0.1, 0.15) is 5.75 Å². The predicted octanol–water partition coefficient (Wildman–Crippen LogP) is 9.92. The van der Waals surface area contributed by atoms with Gasteiger partial charge in [0.05, 0.1) is 0 Å². The van der Waals surface area contributed by atoms with E-state index in [-0.39, 0.29) is 10.6 Å². The SMILES string of the molecule is CCCC(CC)(Pc1c(C)cccc1CN(Cc1ccccc1)Cc1ccccc1)c1cc(C)cc(C(C)(C)C)c1O. The zero-order valence-electron chi connectivity index (χ0n) is 26.8. The molecule has 2 atom stereocenters. The molecular formula is C39H50NOP. The molecule has 0 aliphatic rings. The van der Waals surface area contributed by atoms with Gasteiger partial charge in [0.15, 0.2) is 0 Å². The molecule has 2 unspecified atom stereocenters. The first kappa shape index (κ1) is 32.0. The van der Waals surface area contributed by atoms with Gasteiger partial charge in [-0.25, -0.2) is 0 Å². The van der Waals surface area contributed by atoms with Crippen LogP contribution in [0.5, 0.6) is 5.75 Å². The second-order valence-electron chi connectivity index (χ2n) is 13.0. The maximum absolute atomic E-state index is 11.8. The lowest BCUT2D eigenvalue weighted by molar-refractivity contribution is 0.248. The van der Waals surface area contributed by atoms with Gasteiger partial charge in [-0.3, -0.25) is 4.90 Å². The molecule has 0 amide bonds. The number of hydrogen-bond acceptors (Lipinski definition) is 2. The molecule has 222 valence electrons. The quantitative estimate of drug-likeness (QED) is 0.169. The highest BCUT2D eigenvalue weighted by Gasteiger charge is 2.36. The summed E-state index contributed by atoms with van der Waals surface area (Å²) in [7, 11) is 0.569. The molecule has 0 spiro atoms. The van der Waals surface area contributed by atoms with E-state index in [1.165, 1.54) is 33.1 Å². The summed E-state index contributed by atoms with van der Waals surface area (Å²) in [6.07, 6.45) is 3.12. The summed E-state index contributed by atoms with van der Waals surface area (Å²) < 4.78 is 0. The monoisotopic (exact) mass is 579 g/mol. The van der Waals surface area contributed by atoms with E-state index >= 15 is 0 Å². The van der Waals surface area contributed by atoms with E-state index in [1.807, 2.05) is 0 Å². The van der Waals surface area contributed by atoms with Gasteiger partial charge in [-0.2, -0.15) is 0 Å². The van der Waals surface area contributed by atoms with Crippen LogP contribution in [0.1, 0.15) is 92.8 Å². The topological polar surface area (TPSA) is 23.5 Å². The molecule has 3 heteroatoms. The minimum absolute atomic E-state index is 0.116. The summed E-state index contributed by atoms with van der Waals surface area (Å²) in [4.78, 5) is 2.57. The normalized spacial score (nSPS) is 13.6. The van der Waals surface area contributed by atoms with Gasteiger partial charge in [0, 0.05) is 30.4 Å². The molecule has 0 fully saturated rings. The number of phenolic OH excluding ortho intramolecular Hbond substituents is 1. The van der Waals surface area contributed by atoms with Gasteiger partial charge in [-0.1, -0.05) is 146 Å². The summed E-state index contributed by atoms with van der Waals surface area (Å²) in [6, 6.07) is 32.9. The Morgan fingerprint density at radius 2 is 1.29 bits per heavy atom. The van der Waals surface area contributed by atoms with E-state index in [1.54, 1.807) is 0 Å². The molecule has 0 heterocycles. The van der Waals surface area contributed by atoms with E-state index in [2.05, 4.69) is 144 Å². The first-order chi connectivity index (χ1) is 20.1. The molecule has 42 heavy (non-hydrogen) atoms. The highest BCUT2D eigenvalue weighted by molar-refractivity contribution is 7.48. The molecule has 4 aromatic carbocycles. The lowest BCUT2D eigenvalue weighted by Crippen LogP contribution is -2.29. The third-order valence-corrected chi connectivity index (χ3v) is 10.8. The van der Waals surface area contributed by atoms with Crippen molar-refractivity contribution in [1.82, 2.24) is 4.90 Å². The molecular weight excluding hydrogens is 529 g/mol. The smallest absolute Gasteiger partial charge is 0.123 e. The van der Waals surface area contributed by atoms with Crippen molar-refractivity contribution in [2.45, 2.75) is 97.9 Å². The zero-order valence-corrected chi connectivity index (χ0v) is 27.8. The molecule has 4 aromatic rings. The van der Waals surface area contributed by atoms with Crippen LogP contribution in [0.2, 0.25) is 0 Å². The Labute approximate surface area is 257 Å². The minimum Gasteiger partial charge on any atom is -0.507 e. The molecule has 1 N–H and O–H groups in total. The number of rotatable bonds is 12. The highest BCUT2D eigenvalue weighted by atomic mass is 31.1. The van der Waals surface area contributed by atoms with Crippen molar-refractivity contribution in [2.75, 3.05) is 0 Å². The van der Waals surface area contributed by atoms with Crippen LogP contribution in [-0.4, -0.2) is 10.0 Å². The molecule has 0 aliphatic carbocycles. The second kappa shape index (κ2) is 14.0. The van der Waals surface area contributed by atoms with Crippen LogP contribution in [0.25, 0.3) is 0 Å². The molecule has 0 aliphatic heterocycles. The largest absolute Gasteiger partial charge is 0.507 e. The van der Waals surface area contributed by atoms with E-state index in [9.17, 15) is 5.11 Å². The highest BCUT2D eigenvalue weighted by Crippen LogP contribution is 2.53. The zero-order chi connectivity index (χ0) is 30.3. The molecule has 0 saturated heterocycles. The summed E-state index contributed by atoms with van der Waals surface area (Å²) in [5.74, 6) is 0.501. The van der Waals surface area contributed by atoms with Crippen LogP contribution in [0.4, 0.5) is 0 Å². The van der Waals surface area contributed by atoms with Gasteiger partial charge in [-0.05, 0) is 65.2 Å². The van der Waals surface area contributed by atoms with Gasteiger partial charge in [0.2, 0.25) is 0 Å². The lowest BCUT2D eigenvalue weighted by Gasteiger charge is -2.37. The molecule has 2 nitrogen and oxygen atoms in total. The van der Waals surface area contributed by atoms with Crippen molar-refractivity contribution >= 4 is 13.9 Å². The summed E-state index contributed by atoms with van der Waals surface area (Å²) in [6.45, 7) is 18.3. The van der Waals surface area contributed by atoms with Crippen LogP contribution in [0, 0.1) is 13.8 Å². The van der Waals surface area contributed by atoms with Crippen LogP contribution in [0.3, 0.4) is 0 Å². The maximum atomic E-state index is 11.8. The Hall–Kier alpha value is -2.93. The van der Waals surface area contributed by atoms with Gasteiger partial charge in [0.25, 0.3) is 0 Å². The number of hydrogen-bond donors (Lipinski definition) is 1. The average molecular weight is 580 g/mol. The van der Waals surface area contributed by atoms with Crippen molar-refractivity contribution < 1.29 is 5.11 Å². The second-order valence-corrected chi connectivity index (χ2v) is 14.7. The maximum Gasteiger partial charge on any atom is 0.123 e. The lowest BCUT2D eigenvalue weighted by atomic mass is 9.80. The summed E-state index contributed by atoms with van der Waals surface area (Å²) in [5, 5.41) is 13.2. The Bertz CT molecular complexity index is 1400. The average Bonchev–Trinajstić information content (AvgIpc) is 2.96. The fourth-order valence-corrected chi connectivity index (χ4v) is 8.19. The number of nitrogens with zero attached hydrogens (tertiary/aromatic N) is 1. The van der Waals surface area contributed by atoms with Gasteiger partial charge in [-0.15, -0.1) is 0 Å². The number of benzene rings is 4. The Kier molecular flexibility index (Phi) is 10.7. The Morgan fingerprint density at radius 1 is 0.714 bits per heavy atom. The summed E-state index contributed by atoms with van der Waals surface area (Å²) >= 11 is 0. The van der Waals surface area contributed by atoms with E-state index in [4.69, 9.17) is 0 Å². The van der Waals surface area contributed by atoms with Crippen LogP contribution >= 0.6 is 8.58 Å². The first-order valence-electron chi connectivity index (χ1n) is 15.6. The molecule has 0 bridgehead atoms. The number of aromatic hydroxyl groups is 1. The van der Waals surface area contributed by atoms with Crippen molar-refractivity contribution in [3.8, 4) is 5.75 Å². The fourth-order valence-electron chi connectivity index (χ4n) is 6.23. The van der Waals surface area contributed by atoms with E-state index < -0.39 is 0 Å².